The molecule has 5 heteroatoms. The molecule has 0 unspecified atom stereocenters. The molecule has 0 N–H and O–H groups in total. The molecule has 0 aliphatic carbocycles. The summed E-state index contributed by atoms with van der Waals surface area (Å²) in [5, 5.41) is 3.75. The number of rotatable bonds is 4. The third kappa shape index (κ3) is 4.50. The van der Waals surface area contributed by atoms with E-state index in [9.17, 15) is 4.79 Å². The second-order valence-corrected chi connectivity index (χ2v) is 10.7. The van der Waals surface area contributed by atoms with Crippen LogP contribution in [0.1, 0.15) is 34.6 Å². The third-order valence-electron chi connectivity index (χ3n) is 3.10. The zero-order valence-corrected chi connectivity index (χ0v) is 13.2. The first-order chi connectivity index (χ1) is 7.53. The molecule has 17 heavy (non-hydrogen) atoms. The van der Waals surface area contributed by atoms with E-state index >= 15 is 0 Å². The Kier molecular flexibility index (Phi) is 5.38. The van der Waals surface area contributed by atoms with E-state index in [0.29, 0.717) is 5.71 Å². The van der Waals surface area contributed by atoms with E-state index in [-0.39, 0.29) is 16.9 Å². The lowest BCUT2D eigenvalue weighted by molar-refractivity contribution is -0.128. The van der Waals surface area contributed by atoms with Crippen molar-refractivity contribution in [2.24, 2.45) is 11.1 Å². The van der Waals surface area contributed by atoms with Crippen molar-refractivity contribution in [2.75, 3.05) is 7.11 Å². The monoisotopic (exact) mass is 259 g/mol. The molecule has 0 aliphatic heterocycles. The first-order valence-corrected chi connectivity index (χ1v) is 8.78. The average molecular weight is 259 g/mol. The molecular weight excluding hydrogens is 234 g/mol. The van der Waals surface area contributed by atoms with Crippen LogP contribution in [0.2, 0.25) is 18.1 Å². The van der Waals surface area contributed by atoms with E-state index < -0.39 is 8.32 Å². The van der Waals surface area contributed by atoms with Gasteiger partial charge in [0.1, 0.15) is 7.11 Å². The topological polar surface area (TPSA) is 47.9 Å². The van der Waals surface area contributed by atoms with E-state index in [1.54, 1.807) is 0 Å². The van der Waals surface area contributed by atoms with Crippen molar-refractivity contribution >= 4 is 20.0 Å². The van der Waals surface area contributed by atoms with E-state index in [4.69, 9.17) is 4.43 Å². The highest BCUT2D eigenvalue weighted by atomic mass is 28.4. The standard InChI is InChI=1S/C12H25NO3Si/c1-9(2)10(13-15-6)11(14)16-17(7,8)12(3,4)5/h9H,1-8H3/b13-10-. The predicted molar refractivity (Wildman–Crippen MR) is 72.6 cm³/mol. The lowest BCUT2D eigenvalue weighted by Gasteiger charge is -2.35. The predicted octanol–water partition coefficient (Wildman–Crippen LogP) is 3.19. The molecular formula is C12H25NO3Si. The van der Waals surface area contributed by atoms with Crippen LogP contribution < -0.4 is 0 Å². The van der Waals surface area contributed by atoms with Gasteiger partial charge in [0.25, 0.3) is 8.32 Å². The Morgan fingerprint density at radius 1 is 1.24 bits per heavy atom. The molecule has 0 aromatic carbocycles. The number of hydrogen-bond acceptors (Lipinski definition) is 4. The molecule has 0 saturated heterocycles. The Morgan fingerprint density at radius 2 is 1.71 bits per heavy atom. The maximum atomic E-state index is 12.0. The fourth-order valence-corrected chi connectivity index (χ4v) is 1.79. The van der Waals surface area contributed by atoms with Gasteiger partial charge in [-0.1, -0.05) is 39.8 Å². The summed E-state index contributed by atoms with van der Waals surface area (Å²) in [5.41, 5.74) is 0.345. The van der Waals surface area contributed by atoms with Crippen LogP contribution in [0.4, 0.5) is 0 Å². The highest BCUT2D eigenvalue weighted by Crippen LogP contribution is 2.36. The Labute approximate surface area is 105 Å². The number of carbonyl (C=O) groups is 1. The molecule has 4 nitrogen and oxygen atoms in total. The van der Waals surface area contributed by atoms with Crippen LogP contribution in [0, 0.1) is 5.92 Å². The summed E-state index contributed by atoms with van der Waals surface area (Å²) in [6.45, 7) is 14.1. The molecule has 0 heterocycles. The van der Waals surface area contributed by atoms with Crippen LogP contribution in [-0.2, 0) is 14.1 Å². The highest BCUT2D eigenvalue weighted by Gasteiger charge is 2.41. The van der Waals surface area contributed by atoms with Crippen molar-refractivity contribution < 1.29 is 14.1 Å². The zero-order valence-electron chi connectivity index (χ0n) is 12.2. The van der Waals surface area contributed by atoms with Crippen LogP contribution >= 0.6 is 0 Å². The van der Waals surface area contributed by atoms with Crippen molar-refractivity contribution in [3.05, 3.63) is 0 Å². The van der Waals surface area contributed by atoms with Gasteiger partial charge in [-0.05, 0) is 18.1 Å². The molecule has 0 amide bonds. The minimum Gasteiger partial charge on any atom is -0.515 e. The summed E-state index contributed by atoms with van der Waals surface area (Å²) in [6, 6.07) is 0. The Balaban J connectivity index is 4.92. The van der Waals surface area contributed by atoms with Crippen molar-refractivity contribution in [1.29, 1.82) is 0 Å². The first-order valence-electron chi connectivity index (χ1n) is 5.87. The van der Waals surface area contributed by atoms with Gasteiger partial charge in [0, 0.05) is 5.92 Å². The summed E-state index contributed by atoms with van der Waals surface area (Å²) < 4.78 is 5.67. The Bertz CT molecular complexity index is 303. The van der Waals surface area contributed by atoms with Crippen molar-refractivity contribution in [3.63, 3.8) is 0 Å². The van der Waals surface area contributed by atoms with Gasteiger partial charge >= 0.3 is 5.97 Å². The van der Waals surface area contributed by atoms with Gasteiger partial charge in [0.2, 0.25) is 0 Å². The largest absolute Gasteiger partial charge is 0.515 e. The van der Waals surface area contributed by atoms with Gasteiger partial charge in [-0.15, -0.1) is 0 Å². The van der Waals surface area contributed by atoms with Gasteiger partial charge in [-0.25, -0.2) is 4.79 Å². The van der Waals surface area contributed by atoms with Crippen LogP contribution in [0.15, 0.2) is 5.16 Å². The fourth-order valence-electron chi connectivity index (χ4n) is 0.914. The molecule has 0 aliphatic rings. The number of nitrogens with zero attached hydrogens (tertiary/aromatic N) is 1. The summed E-state index contributed by atoms with van der Waals surface area (Å²) in [6.07, 6.45) is 0. The first kappa shape index (κ1) is 16.2. The second kappa shape index (κ2) is 5.66. The van der Waals surface area contributed by atoms with E-state index in [1.165, 1.54) is 7.11 Å². The molecule has 0 aromatic rings. The minimum atomic E-state index is -2.09. The van der Waals surface area contributed by atoms with Gasteiger partial charge < -0.3 is 9.26 Å². The second-order valence-electron chi connectivity index (χ2n) is 5.96. The molecule has 0 rings (SSSR count). The van der Waals surface area contributed by atoms with Crippen LogP contribution in [-0.4, -0.2) is 27.1 Å². The van der Waals surface area contributed by atoms with E-state index in [1.807, 2.05) is 26.9 Å². The number of hydrogen-bond donors (Lipinski definition) is 0. The fraction of sp³-hybridized carbons (Fsp3) is 0.833. The maximum absolute atomic E-state index is 12.0. The maximum Gasteiger partial charge on any atom is 0.343 e. The van der Waals surface area contributed by atoms with Crippen LogP contribution in [0.5, 0.6) is 0 Å². The van der Waals surface area contributed by atoms with Gasteiger partial charge in [-0.3, -0.25) is 0 Å². The summed E-state index contributed by atoms with van der Waals surface area (Å²) in [5.74, 6) is -0.360. The van der Waals surface area contributed by atoms with Crippen molar-refractivity contribution in [1.82, 2.24) is 0 Å². The van der Waals surface area contributed by atoms with Crippen molar-refractivity contribution in [2.45, 2.75) is 52.8 Å². The molecule has 0 bridgehead atoms. The lowest BCUT2D eigenvalue weighted by atomic mass is 10.1. The summed E-state index contributed by atoms with van der Waals surface area (Å²) >= 11 is 0. The Morgan fingerprint density at radius 3 is 2.00 bits per heavy atom. The number of carbonyl (C=O) groups excluding carboxylic acids is 1. The number of oxime groups is 1. The SMILES string of the molecule is CO/N=C(\C(=O)O[Si](C)(C)C(C)(C)C)C(C)C. The summed E-state index contributed by atoms with van der Waals surface area (Å²) in [7, 11) is -0.659. The third-order valence-corrected chi connectivity index (χ3v) is 7.41. The zero-order chi connectivity index (χ0) is 13.9. The van der Waals surface area contributed by atoms with Crippen LogP contribution in [0.3, 0.4) is 0 Å². The normalized spacial score (nSPS) is 13.8. The smallest absolute Gasteiger partial charge is 0.343 e. The van der Waals surface area contributed by atoms with Gasteiger partial charge in [0.05, 0.1) is 0 Å². The van der Waals surface area contributed by atoms with Gasteiger partial charge in [0.15, 0.2) is 5.71 Å². The van der Waals surface area contributed by atoms with Crippen LogP contribution in [0.25, 0.3) is 0 Å². The van der Waals surface area contributed by atoms with E-state index in [2.05, 4.69) is 30.8 Å². The molecule has 100 valence electrons. The summed E-state index contributed by atoms with van der Waals surface area (Å²) in [4.78, 5) is 16.7. The van der Waals surface area contributed by atoms with Crippen molar-refractivity contribution in [3.8, 4) is 0 Å². The molecule has 0 radical (unpaired) electrons. The van der Waals surface area contributed by atoms with E-state index in [0.717, 1.165) is 0 Å². The lowest BCUT2D eigenvalue weighted by Crippen LogP contribution is -2.44. The average Bonchev–Trinajstić information content (AvgIpc) is 2.10. The molecule has 0 saturated carbocycles. The molecule has 0 aromatic heterocycles. The molecule has 0 spiro atoms. The molecule has 0 atom stereocenters. The molecule has 0 fully saturated rings. The Hall–Kier alpha value is -0.843. The van der Waals surface area contributed by atoms with Gasteiger partial charge in [-0.2, -0.15) is 0 Å². The minimum absolute atomic E-state index is 0.00216. The highest BCUT2D eigenvalue weighted by molar-refractivity contribution is 6.76. The quantitative estimate of drug-likeness (QED) is 0.442.